The van der Waals surface area contributed by atoms with Crippen LogP contribution in [0.5, 0.6) is 0 Å². The first-order chi connectivity index (χ1) is 11.3. The van der Waals surface area contributed by atoms with E-state index in [0.717, 1.165) is 30.3 Å². The molecule has 0 amide bonds. The van der Waals surface area contributed by atoms with Gasteiger partial charge >= 0.3 is 0 Å². The topological polar surface area (TPSA) is 18.8 Å². The zero-order valence-corrected chi connectivity index (χ0v) is 14.1. The molecular weight excluding hydrogens is 315 g/mol. The van der Waals surface area contributed by atoms with Crippen molar-refractivity contribution in [2.24, 2.45) is 4.99 Å². The highest BCUT2D eigenvalue weighted by Gasteiger charge is 2.14. The first kappa shape index (κ1) is 17.8. The second-order valence-corrected chi connectivity index (χ2v) is 5.59. The zero-order valence-electron chi connectivity index (χ0n) is 14.1. The molecule has 0 fully saturated rings. The van der Waals surface area contributed by atoms with Gasteiger partial charge in [-0.1, -0.05) is 0 Å². The van der Waals surface area contributed by atoms with Gasteiger partial charge in [0.25, 0.3) is 0 Å². The highest BCUT2D eigenvalue weighted by molar-refractivity contribution is 5.69. The molecule has 0 spiro atoms. The molecule has 0 heterocycles. The molecule has 0 saturated carbocycles. The van der Waals surface area contributed by atoms with Gasteiger partial charge in [-0.05, 0) is 37.6 Å². The number of benzene rings is 2. The Morgan fingerprint density at radius 2 is 1.62 bits per heavy atom. The van der Waals surface area contributed by atoms with Crippen LogP contribution >= 0.6 is 0 Å². The summed E-state index contributed by atoms with van der Waals surface area (Å²) in [5, 5.41) is 0. The summed E-state index contributed by atoms with van der Waals surface area (Å²) in [5.74, 6) is -1.94. The average Bonchev–Trinajstić information content (AvgIpc) is 2.53. The summed E-state index contributed by atoms with van der Waals surface area (Å²) in [6.45, 7) is 4.58. The van der Waals surface area contributed by atoms with Crippen LogP contribution in [0, 0.1) is 24.4 Å². The maximum absolute atomic E-state index is 14.5. The number of anilines is 2. The van der Waals surface area contributed by atoms with Crippen molar-refractivity contribution in [3.63, 3.8) is 0 Å². The Bertz CT molecular complexity index is 739. The Hall–Kier alpha value is -2.50. The highest BCUT2D eigenvalue weighted by Crippen LogP contribution is 2.32. The Balaban J connectivity index is 2.37. The molecule has 0 aliphatic carbocycles. The van der Waals surface area contributed by atoms with Gasteiger partial charge in [0.15, 0.2) is 0 Å². The lowest BCUT2D eigenvalue weighted by Gasteiger charge is -2.21. The smallest absolute Gasteiger partial charge is 0.148 e. The van der Waals surface area contributed by atoms with E-state index < -0.39 is 17.5 Å². The Kier molecular flexibility index (Phi) is 5.49. The third kappa shape index (κ3) is 4.07. The normalized spacial score (nSPS) is 11.1. The Morgan fingerprint density at radius 3 is 2.21 bits per heavy atom. The molecular formula is C18H20F3N3. The quantitative estimate of drug-likeness (QED) is 0.578. The van der Waals surface area contributed by atoms with Crippen LogP contribution < -0.4 is 4.90 Å². The summed E-state index contributed by atoms with van der Waals surface area (Å²) in [7, 11) is 3.43. The third-order valence-corrected chi connectivity index (χ3v) is 3.75. The summed E-state index contributed by atoms with van der Waals surface area (Å²) in [5.41, 5.74) is 1.72. The molecule has 0 bridgehead atoms. The van der Waals surface area contributed by atoms with E-state index in [1.54, 1.807) is 19.5 Å². The molecule has 0 aromatic heterocycles. The second-order valence-electron chi connectivity index (χ2n) is 5.59. The number of nitrogens with zero attached hydrogens (tertiary/aromatic N) is 3. The number of halogens is 3. The summed E-state index contributed by atoms with van der Waals surface area (Å²) in [6, 6.07) is 6.01. The van der Waals surface area contributed by atoms with Crippen molar-refractivity contribution in [3.8, 4) is 0 Å². The number of hydrogen-bond donors (Lipinski definition) is 0. The second kappa shape index (κ2) is 7.38. The van der Waals surface area contributed by atoms with E-state index in [0.29, 0.717) is 5.69 Å². The molecule has 0 N–H and O–H groups in total. The number of aryl methyl sites for hydroxylation is 1. The lowest BCUT2D eigenvalue weighted by molar-refractivity contribution is 0.552. The number of hydrogen-bond acceptors (Lipinski definition) is 2. The largest absolute Gasteiger partial charge is 0.366 e. The minimum absolute atomic E-state index is 0.222. The highest BCUT2D eigenvalue weighted by atomic mass is 19.1. The van der Waals surface area contributed by atoms with Crippen molar-refractivity contribution in [1.82, 2.24) is 4.90 Å². The van der Waals surface area contributed by atoms with Crippen molar-refractivity contribution in [2.45, 2.75) is 13.8 Å². The van der Waals surface area contributed by atoms with Crippen LogP contribution in [0.15, 0.2) is 35.3 Å². The predicted octanol–water partition coefficient (Wildman–Crippen LogP) is 4.79. The zero-order chi connectivity index (χ0) is 17.9. The summed E-state index contributed by atoms with van der Waals surface area (Å²) < 4.78 is 41.2. The van der Waals surface area contributed by atoms with E-state index in [4.69, 9.17) is 0 Å². The van der Waals surface area contributed by atoms with Gasteiger partial charge in [0.2, 0.25) is 0 Å². The van der Waals surface area contributed by atoms with E-state index in [2.05, 4.69) is 4.99 Å². The number of rotatable bonds is 5. The molecule has 0 atom stereocenters. The van der Waals surface area contributed by atoms with Crippen LogP contribution in [0.25, 0.3) is 0 Å². The summed E-state index contributed by atoms with van der Waals surface area (Å²) in [6.07, 6.45) is 1.63. The predicted molar refractivity (Wildman–Crippen MR) is 92.0 cm³/mol. The van der Waals surface area contributed by atoms with Gasteiger partial charge in [0, 0.05) is 38.5 Å². The van der Waals surface area contributed by atoms with Gasteiger partial charge in [-0.15, -0.1) is 0 Å². The van der Waals surface area contributed by atoms with E-state index >= 15 is 0 Å². The first-order valence-corrected chi connectivity index (χ1v) is 7.56. The average molecular weight is 335 g/mol. The molecule has 0 aliphatic rings. The van der Waals surface area contributed by atoms with E-state index in [9.17, 15) is 13.2 Å². The molecule has 128 valence electrons. The number of aliphatic imine (C=N–C) groups is 1. The molecule has 2 rings (SSSR count). The fourth-order valence-corrected chi connectivity index (χ4v) is 2.17. The van der Waals surface area contributed by atoms with Gasteiger partial charge in [-0.2, -0.15) is 0 Å². The molecule has 3 nitrogen and oxygen atoms in total. The van der Waals surface area contributed by atoms with Crippen LogP contribution in [0.3, 0.4) is 0 Å². The molecule has 2 aromatic rings. The fraction of sp³-hybridized carbons (Fsp3) is 0.278. The molecule has 0 aliphatic heterocycles. The standard InChI is InChI=1S/C18H20F3N3/c1-5-23(3)11-22-17-10-16(21)18(6-12(17)2)24(4)15-8-13(19)7-14(20)9-15/h6-11H,5H2,1-4H3. The SMILES string of the molecule is CCN(C)C=Nc1cc(F)c(N(C)c2cc(F)cc(F)c2)cc1C. The Morgan fingerprint density at radius 1 is 1.00 bits per heavy atom. The summed E-state index contributed by atoms with van der Waals surface area (Å²) in [4.78, 5) is 7.53. The molecule has 6 heteroatoms. The van der Waals surface area contributed by atoms with Gasteiger partial charge < -0.3 is 9.80 Å². The molecule has 2 aromatic carbocycles. The van der Waals surface area contributed by atoms with Crippen molar-refractivity contribution in [2.75, 3.05) is 25.5 Å². The van der Waals surface area contributed by atoms with E-state index in [-0.39, 0.29) is 11.4 Å². The minimum atomic E-state index is -0.710. The fourth-order valence-electron chi connectivity index (χ4n) is 2.17. The maximum Gasteiger partial charge on any atom is 0.148 e. The monoisotopic (exact) mass is 335 g/mol. The third-order valence-electron chi connectivity index (χ3n) is 3.75. The lowest BCUT2D eigenvalue weighted by Crippen LogP contribution is -2.14. The van der Waals surface area contributed by atoms with Crippen LogP contribution in [-0.2, 0) is 0 Å². The van der Waals surface area contributed by atoms with Crippen LogP contribution in [0.4, 0.5) is 30.2 Å². The molecule has 24 heavy (non-hydrogen) atoms. The van der Waals surface area contributed by atoms with Crippen molar-refractivity contribution >= 4 is 23.4 Å². The minimum Gasteiger partial charge on any atom is -0.366 e. The Labute approximate surface area is 140 Å². The van der Waals surface area contributed by atoms with Crippen molar-refractivity contribution in [1.29, 1.82) is 0 Å². The molecule has 0 unspecified atom stereocenters. The van der Waals surface area contributed by atoms with Crippen LogP contribution in [-0.4, -0.2) is 31.9 Å². The maximum atomic E-state index is 14.5. The van der Waals surface area contributed by atoms with Gasteiger partial charge in [0.05, 0.1) is 17.7 Å². The van der Waals surface area contributed by atoms with Crippen molar-refractivity contribution < 1.29 is 13.2 Å². The molecule has 0 saturated heterocycles. The van der Waals surface area contributed by atoms with E-state index in [1.807, 2.05) is 25.8 Å². The first-order valence-electron chi connectivity index (χ1n) is 7.56. The van der Waals surface area contributed by atoms with Gasteiger partial charge in [-0.3, -0.25) is 0 Å². The van der Waals surface area contributed by atoms with E-state index in [1.165, 1.54) is 11.0 Å². The lowest BCUT2D eigenvalue weighted by atomic mass is 10.1. The van der Waals surface area contributed by atoms with Gasteiger partial charge in [-0.25, -0.2) is 18.2 Å². The van der Waals surface area contributed by atoms with Crippen LogP contribution in [0.2, 0.25) is 0 Å². The van der Waals surface area contributed by atoms with Gasteiger partial charge in [0.1, 0.15) is 17.5 Å². The van der Waals surface area contributed by atoms with Crippen molar-refractivity contribution in [3.05, 3.63) is 53.3 Å². The summed E-state index contributed by atoms with van der Waals surface area (Å²) >= 11 is 0. The van der Waals surface area contributed by atoms with Crippen LogP contribution in [0.1, 0.15) is 12.5 Å². The molecule has 0 radical (unpaired) electrons.